The molecule has 0 amide bonds. The third kappa shape index (κ3) is 3.96. The van der Waals surface area contributed by atoms with Gasteiger partial charge in [0.25, 0.3) is 5.69 Å². The van der Waals surface area contributed by atoms with E-state index >= 15 is 0 Å². The highest BCUT2D eigenvalue weighted by Gasteiger charge is 2.18. The van der Waals surface area contributed by atoms with Crippen LogP contribution in [0.3, 0.4) is 0 Å². The van der Waals surface area contributed by atoms with Crippen molar-refractivity contribution in [1.82, 2.24) is 4.90 Å². The minimum atomic E-state index is -0.546. The Hall–Kier alpha value is -2.06. The molecule has 21 heavy (non-hydrogen) atoms. The average Bonchev–Trinajstić information content (AvgIpc) is 2.48. The van der Waals surface area contributed by atoms with Crippen LogP contribution >= 0.6 is 0 Å². The van der Waals surface area contributed by atoms with Crippen molar-refractivity contribution in [2.45, 2.75) is 0 Å². The second-order valence-corrected chi connectivity index (χ2v) is 4.62. The Morgan fingerprint density at radius 1 is 1.38 bits per heavy atom. The highest BCUT2D eigenvalue weighted by atomic mass is 16.6. The summed E-state index contributed by atoms with van der Waals surface area (Å²) in [4.78, 5) is 12.5. The van der Waals surface area contributed by atoms with Gasteiger partial charge in [-0.25, -0.2) is 0 Å². The predicted molar refractivity (Wildman–Crippen MR) is 76.8 cm³/mol. The van der Waals surface area contributed by atoms with Crippen molar-refractivity contribution < 1.29 is 19.1 Å². The van der Waals surface area contributed by atoms with Crippen LogP contribution in [0, 0.1) is 10.1 Å². The third-order valence-electron chi connectivity index (χ3n) is 3.28. The van der Waals surface area contributed by atoms with Crippen LogP contribution in [-0.2, 0) is 4.74 Å². The fourth-order valence-electron chi connectivity index (χ4n) is 2.10. The Morgan fingerprint density at radius 2 is 2.10 bits per heavy atom. The summed E-state index contributed by atoms with van der Waals surface area (Å²) in [5.41, 5.74) is 5.53. The standard InChI is InChI=1S/C13H19N3O5/c1-19-12-9-11(16(17)18)10(14)8-13(12)21-7-4-15-2-5-20-6-3-15/h8-9H,2-7,14H2,1H3. The van der Waals surface area contributed by atoms with E-state index in [2.05, 4.69) is 4.90 Å². The highest BCUT2D eigenvalue weighted by Crippen LogP contribution is 2.36. The van der Waals surface area contributed by atoms with Crippen LogP contribution in [0.5, 0.6) is 11.5 Å². The summed E-state index contributed by atoms with van der Waals surface area (Å²) < 4.78 is 16.0. The van der Waals surface area contributed by atoms with Gasteiger partial charge < -0.3 is 19.9 Å². The Balaban J connectivity index is 1.98. The van der Waals surface area contributed by atoms with E-state index in [4.69, 9.17) is 19.9 Å². The second kappa shape index (κ2) is 7.09. The molecular formula is C13H19N3O5. The largest absolute Gasteiger partial charge is 0.493 e. The minimum absolute atomic E-state index is 0.0576. The molecule has 1 aliphatic rings. The molecule has 1 aromatic carbocycles. The maximum Gasteiger partial charge on any atom is 0.296 e. The zero-order valence-corrected chi connectivity index (χ0v) is 11.9. The normalized spacial score (nSPS) is 15.7. The summed E-state index contributed by atoms with van der Waals surface area (Å²) in [5.74, 6) is 0.715. The molecule has 8 heteroatoms. The number of nitrogen functional groups attached to an aromatic ring is 1. The lowest BCUT2D eigenvalue weighted by Gasteiger charge is -2.26. The van der Waals surface area contributed by atoms with Gasteiger partial charge in [-0.05, 0) is 0 Å². The maximum absolute atomic E-state index is 10.8. The Morgan fingerprint density at radius 3 is 2.71 bits per heavy atom. The summed E-state index contributed by atoms with van der Waals surface area (Å²) in [6.07, 6.45) is 0. The van der Waals surface area contributed by atoms with Crippen LogP contribution in [-0.4, -0.2) is 56.4 Å². The molecule has 8 nitrogen and oxygen atoms in total. The zero-order chi connectivity index (χ0) is 15.2. The van der Waals surface area contributed by atoms with E-state index < -0.39 is 4.92 Å². The zero-order valence-electron chi connectivity index (χ0n) is 11.9. The lowest BCUT2D eigenvalue weighted by molar-refractivity contribution is -0.384. The molecule has 0 bridgehead atoms. The first-order chi connectivity index (χ1) is 10.1. The Bertz CT molecular complexity index is 503. The van der Waals surface area contributed by atoms with E-state index in [0.29, 0.717) is 18.1 Å². The molecule has 0 spiro atoms. The van der Waals surface area contributed by atoms with Gasteiger partial charge in [0.2, 0.25) is 0 Å². The number of hydrogen-bond acceptors (Lipinski definition) is 7. The monoisotopic (exact) mass is 297 g/mol. The van der Waals surface area contributed by atoms with Crippen molar-refractivity contribution in [1.29, 1.82) is 0 Å². The topological polar surface area (TPSA) is 100 Å². The molecule has 2 rings (SSSR count). The summed E-state index contributed by atoms with van der Waals surface area (Å²) in [7, 11) is 1.43. The molecule has 0 aromatic heterocycles. The Kier molecular flexibility index (Phi) is 5.18. The number of hydrogen-bond donors (Lipinski definition) is 1. The quantitative estimate of drug-likeness (QED) is 0.473. The molecular weight excluding hydrogens is 278 g/mol. The smallest absolute Gasteiger partial charge is 0.296 e. The lowest BCUT2D eigenvalue weighted by atomic mass is 10.2. The van der Waals surface area contributed by atoms with Crippen molar-refractivity contribution in [3.8, 4) is 11.5 Å². The first-order valence-electron chi connectivity index (χ1n) is 6.66. The van der Waals surface area contributed by atoms with Gasteiger partial charge in [0, 0.05) is 25.7 Å². The molecule has 0 unspecified atom stereocenters. The van der Waals surface area contributed by atoms with E-state index in [1.54, 1.807) is 0 Å². The van der Waals surface area contributed by atoms with Crippen LogP contribution in [0.1, 0.15) is 0 Å². The molecule has 1 fully saturated rings. The van der Waals surface area contributed by atoms with Crippen LogP contribution in [0.2, 0.25) is 0 Å². The Labute approximate surface area is 122 Å². The first kappa shape index (κ1) is 15.3. The van der Waals surface area contributed by atoms with Crippen molar-refractivity contribution >= 4 is 11.4 Å². The second-order valence-electron chi connectivity index (χ2n) is 4.62. The maximum atomic E-state index is 10.8. The molecule has 1 aliphatic heterocycles. The van der Waals surface area contributed by atoms with Crippen LogP contribution < -0.4 is 15.2 Å². The van der Waals surface area contributed by atoms with Gasteiger partial charge in [-0.3, -0.25) is 15.0 Å². The summed E-state index contributed by atoms with van der Waals surface area (Å²) >= 11 is 0. The van der Waals surface area contributed by atoms with Gasteiger partial charge in [-0.15, -0.1) is 0 Å². The van der Waals surface area contributed by atoms with Crippen molar-refractivity contribution in [3.05, 3.63) is 22.2 Å². The van der Waals surface area contributed by atoms with Crippen molar-refractivity contribution in [3.63, 3.8) is 0 Å². The fourth-order valence-corrected chi connectivity index (χ4v) is 2.10. The number of rotatable bonds is 6. The summed E-state index contributed by atoms with van der Waals surface area (Å²) in [6.45, 7) is 4.42. The first-order valence-corrected chi connectivity index (χ1v) is 6.66. The van der Waals surface area contributed by atoms with Gasteiger partial charge >= 0.3 is 0 Å². The van der Waals surface area contributed by atoms with Gasteiger partial charge in [0.1, 0.15) is 12.3 Å². The summed E-state index contributed by atoms with van der Waals surface area (Å²) in [5, 5.41) is 10.8. The van der Waals surface area contributed by atoms with Crippen LogP contribution in [0.25, 0.3) is 0 Å². The van der Waals surface area contributed by atoms with Crippen molar-refractivity contribution in [2.75, 3.05) is 52.3 Å². The summed E-state index contributed by atoms with van der Waals surface area (Å²) in [6, 6.07) is 2.70. The lowest BCUT2D eigenvalue weighted by Crippen LogP contribution is -2.38. The molecule has 0 aliphatic carbocycles. The molecule has 1 aromatic rings. The van der Waals surface area contributed by atoms with Crippen LogP contribution in [0.4, 0.5) is 11.4 Å². The molecule has 0 atom stereocenters. The third-order valence-corrected chi connectivity index (χ3v) is 3.28. The van der Waals surface area contributed by atoms with E-state index in [1.807, 2.05) is 0 Å². The number of morpholine rings is 1. The van der Waals surface area contributed by atoms with E-state index in [1.165, 1.54) is 19.2 Å². The SMILES string of the molecule is COc1cc([N+](=O)[O-])c(N)cc1OCCN1CCOCC1. The molecule has 0 saturated carbocycles. The minimum Gasteiger partial charge on any atom is -0.493 e. The number of nitrogens with zero attached hydrogens (tertiary/aromatic N) is 2. The molecule has 1 saturated heterocycles. The van der Waals surface area contributed by atoms with E-state index in [9.17, 15) is 10.1 Å². The van der Waals surface area contributed by atoms with E-state index in [0.717, 1.165) is 32.8 Å². The van der Waals surface area contributed by atoms with Gasteiger partial charge in [0.05, 0.1) is 31.3 Å². The van der Waals surface area contributed by atoms with E-state index in [-0.39, 0.29) is 11.4 Å². The number of ether oxygens (including phenoxy) is 3. The molecule has 116 valence electrons. The number of methoxy groups -OCH3 is 1. The van der Waals surface area contributed by atoms with Crippen molar-refractivity contribution in [2.24, 2.45) is 0 Å². The van der Waals surface area contributed by atoms with Gasteiger partial charge in [-0.1, -0.05) is 0 Å². The number of anilines is 1. The molecule has 0 radical (unpaired) electrons. The number of benzene rings is 1. The van der Waals surface area contributed by atoms with Gasteiger partial charge in [-0.2, -0.15) is 0 Å². The highest BCUT2D eigenvalue weighted by molar-refractivity contribution is 5.65. The average molecular weight is 297 g/mol. The fraction of sp³-hybridized carbons (Fsp3) is 0.538. The molecule has 1 heterocycles. The van der Waals surface area contributed by atoms with Gasteiger partial charge in [0.15, 0.2) is 11.5 Å². The number of nitro groups is 1. The molecule has 2 N–H and O–H groups in total. The van der Waals surface area contributed by atoms with Crippen LogP contribution in [0.15, 0.2) is 12.1 Å². The number of nitrogens with two attached hydrogens (primary N) is 1. The predicted octanol–water partition coefficient (Wildman–Crippen LogP) is 0.897. The number of nitro benzene ring substituents is 1.